The number of aromatic nitrogens is 1. The number of thiazole rings is 1. The van der Waals surface area contributed by atoms with Crippen molar-refractivity contribution in [3.63, 3.8) is 0 Å². The van der Waals surface area contributed by atoms with Crippen molar-refractivity contribution in [2.45, 2.75) is 46.2 Å². The minimum Gasteiger partial charge on any atom is -0.374 e. The van der Waals surface area contributed by atoms with E-state index in [2.05, 4.69) is 21.7 Å². The van der Waals surface area contributed by atoms with Gasteiger partial charge in [0.15, 0.2) is 0 Å². The molecule has 2 aromatic rings. The number of hydrogen-bond donors (Lipinski definition) is 2. The Bertz CT molecular complexity index is 793. The van der Waals surface area contributed by atoms with Crippen LogP contribution in [0.5, 0.6) is 0 Å². The lowest BCUT2D eigenvalue weighted by atomic mass is 9.90. The molecule has 1 aromatic carbocycles. The van der Waals surface area contributed by atoms with Gasteiger partial charge in [-0.1, -0.05) is 26.0 Å². The molecule has 1 aromatic heterocycles. The summed E-state index contributed by atoms with van der Waals surface area (Å²) in [6.07, 6.45) is 0. The highest BCUT2D eigenvalue weighted by Gasteiger charge is 2.31. The summed E-state index contributed by atoms with van der Waals surface area (Å²) >= 11 is 1.61. The van der Waals surface area contributed by atoms with E-state index in [-0.39, 0.29) is 11.8 Å². The van der Waals surface area contributed by atoms with Gasteiger partial charge < -0.3 is 10.6 Å². The first-order valence-corrected chi connectivity index (χ1v) is 9.15. The van der Waals surface area contributed by atoms with Gasteiger partial charge in [0.2, 0.25) is 5.91 Å². The number of nitrogens with one attached hydrogen (secondary N) is 2. The highest BCUT2D eigenvalue weighted by Crippen LogP contribution is 2.24. The van der Waals surface area contributed by atoms with Crippen LogP contribution in [0.4, 0.5) is 5.69 Å². The third kappa shape index (κ3) is 4.58. The van der Waals surface area contributed by atoms with Crippen molar-refractivity contribution in [3.05, 3.63) is 34.7 Å². The molecule has 2 atom stereocenters. The number of hydrogen-bond acceptors (Lipinski definition) is 5. The third-order valence-electron chi connectivity index (χ3n) is 4.32. The van der Waals surface area contributed by atoms with E-state index in [9.17, 15) is 10.1 Å². The lowest BCUT2D eigenvalue weighted by Crippen LogP contribution is -2.52. The van der Waals surface area contributed by atoms with Crippen molar-refractivity contribution < 1.29 is 4.79 Å². The molecule has 0 saturated carbocycles. The number of anilines is 1. The Morgan fingerprint density at radius 3 is 2.64 bits per heavy atom. The quantitative estimate of drug-likeness (QED) is 0.821. The summed E-state index contributed by atoms with van der Waals surface area (Å²) in [4.78, 5) is 16.9. The fraction of sp³-hybridized carbons (Fsp3) is 0.421. The molecular weight excluding hydrogens is 332 g/mol. The SMILES string of the molecule is Cc1nc(-c2cccc(N[C@H](C)C(=O)N[C@@](C)(C#N)C(C)C)c2)cs1. The molecule has 2 rings (SSSR count). The monoisotopic (exact) mass is 356 g/mol. The highest BCUT2D eigenvalue weighted by atomic mass is 32.1. The normalized spacial score (nSPS) is 14.4. The van der Waals surface area contributed by atoms with Crippen molar-refractivity contribution in [1.29, 1.82) is 5.26 Å². The number of carbonyl (C=O) groups excluding carboxylic acids is 1. The molecule has 2 N–H and O–H groups in total. The average Bonchev–Trinajstić information content (AvgIpc) is 3.01. The lowest BCUT2D eigenvalue weighted by Gasteiger charge is -2.29. The summed E-state index contributed by atoms with van der Waals surface area (Å²) in [6.45, 7) is 9.34. The van der Waals surface area contributed by atoms with E-state index in [4.69, 9.17) is 0 Å². The minimum absolute atomic E-state index is 0.0184. The van der Waals surface area contributed by atoms with Crippen molar-refractivity contribution in [2.75, 3.05) is 5.32 Å². The number of aryl methyl sites for hydroxylation is 1. The van der Waals surface area contributed by atoms with Gasteiger partial charge in [0.05, 0.1) is 16.8 Å². The summed E-state index contributed by atoms with van der Waals surface area (Å²) < 4.78 is 0. The van der Waals surface area contributed by atoms with Crippen molar-refractivity contribution >= 4 is 22.9 Å². The molecule has 1 heterocycles. The van der Waals surface area contributed by atoms with E-state index in [1.165, 1.54) is 0 Å². The maximum Gasteiger partial charge on any atom is 0.243 e. The third-order valence-corrected chi connectivity index (χ3v) is 5.10. The molecule has 0 aliphatic carbocycles. The summed E-state index contributed by atoms with van der Waals surface area (Å²) in [5.41, 5.74) is 1.90. The predicted octanol–water partition coefficient (Wildman–Crippen LogP) is 3.97. The van der Waals surface area contributed by atoms with Crippen LogP contribution in [0.2, 0.25) is 0 Å². The molecule has 0 bridgehead atoms. The van der Waals surface area contributed by atoms with Gasteiger partial charge in [-0.15, -0.1) is 11.3 Å². The molecule has 0 aliphatic heterocycles. The number of carbonyl (C=O) groups is 1. The summed E-state index contributed by atoms with van der Waals surface area (Å²) in [5.74, 6) is -0.183. The largest absolute Gasteiger partial charge is 0.374 e. The zero-order valence-corrected chi connectivity index (χ0v) is 16.1. The number of rotatable bonds is 6. The second kappa shape index (κ2) is 7.66. The molecular formula is C19H24N4OS. The Morgan fingerprint density at radius 1 is 1.36 bits per heavy atom. The van der Waals surface area contributed by atoms with E-state index >= 15 is 0 Å². The Hall–Kier alpha value is -2.39. The molecule has 0 unspecified atom stereocenters. The first-order valence-electron chi connectivity index (χ1n) is 8.27. The molecule has 0 radical (unpaired) electrons. The smallest absolute Gasteiger partial charge is 0.243 e. The average molecular weight is 356 g/mol. The lowest BCUT2D eigenvalue weighted by molar-refractivity contribution is -0.123. The van der Waals surface area contributed by atoms with Crippen LogP contribution in [0, 0.1) is 24.2 Å². The molecule has 1 amide bonds. The van der Waals surface area contributed by atoms with Gasteiger partial charge in [-0.2, -0.15) is 5.26 Å². The van der Waals surface area contributed by atoms with Crippen LogP contribution in [0.3, 0.4) is 0 Å². The van der Waals surface area contributed by atoms with E-state index in [1.807, 2.05) is 50.4 Å². The maximum atomic E-state index is 12.4. The summed E-state index contributed by atoms with van der Waals surface area (Å²) in [5, 5.41) is 18.4. The standard InChI is InChI=1S/C19H24N4OS/c1-12(2)19(5,11-20)23-18(24)13(3)21-16-8-6-7-15(9-16)17-10-25-14(4)22-17/h6-10,12-13,21H,1-5H3,(H,23,24)/t13-,19+/m1/s1. The first-order chi connectivity index (χ1) is 11.7. The van der Waals surface area contributed by atoms with Crippen LogP contribution in [0.1, 0.15) is 32.7 Å². The molecule has 0 fully saturated rings. The number of nitrogens with zero attached hydrogens (tertiary/aromatic N) is 2. The van der Waals surface area contributed by atoms with Crippen LogP contribution >= 0.6 is 11.3 Å². The Kier molecular flexibility index (Phi) is 5.81. The fourth-order valence-electron chi connectivity index (χ4n) is 2.25. The van der Waals surface area contributed by atoms with Crippen molar-refractivity contribution in [2.24, 2.45) is 5.92 Å². The molecule has 6 heteroatoms. The van der Waals surface area contributed by atoms with Crippen LogP contribution in [0.15, 0.2) is 29.6 Å². The van der Waals surface area contributed by atoms with Crippen LogP contribution < -0.4 is 10.6 Å². The van der Waals surface area contributed by atoms with E-state index in [1.54, 1.807) is 25.2 Å². The fourth-order valence-corrected chi connectivity index (χ4v) is 2.87. The van der Waals surface area contributed by atoms with Gasteiger partial charge >= 0.3 is 0 Å². The number of amides is 1. The predicted molar refractivity (Wildman–Crippen MR) is 102 cm³/mol. The Labute approximate surface area is 153 Å². The van der Waals surface area contributed by atoms with Gasteiger partial charge in [0, 0.05) is 16.6 Å². The zero-order chi connectivity index (χ0) is 18.6. The van der Waals surface area contributed by atoms with Gasteiger partial charge in [-0.3, -0.25) is 4.79 Å². The Balaban J connectivity index is 2.09. The number of benzene rings is 1. The van der Waals surface area contributed by atoms with Gasteiger partial charge in [-0.25, -0.2) is 4.98 Å². The van der Waals surface area contributed by atoms with E-state index < -0.39 is 11.6 Å². The molecule has 132 valence electrons. The number of nitriles is 1. The van der Waals surface area contributed by atoms with Gasteiger partial charge in [0.1, 0.15) is 11.6 Å². The van der Waals surface area contributed by atoms with Crippen molar-refractivity contribution in [3.8, 4) is 17.3 Å². The summed E-state index contributed by atoms with van der Waals surface area (Å²) in [6, 6.07) is 9.56. The molecule has 0 spiro atoms. The topological polar surface area (TPSA) is 77.8 Å². The van der Waals surface area contributed by atoms with Gasteiger partial charge in [-0.05, 0) is 38.8 Å². The Morgan fingerprint density at radius 2 is 2.08 bits per heavy atom. The van der Waals surface area contributed by atoms with Crippen LogP contribution in [0.25, 0.3) is 11.3 Å². The minimum atomic E-state index is -0.882. The van der Waals surface area contributed by atoms with E-state index in [0.29, 0.717) is 0 Å². The van der Waals surface area contributed by atoms with Crippen molar-refractivity contribution in [1.82, 2.24) is 10.3 Å². The second-order valence-electron chi connectivity index (χ2n) is 6.66. The zero-order valence-electron chi connectivity index (χ0n) is 15.3. The van der Waals surface area contributed by atoms with Gasteiger partial charge in [0.25, 0.3) is 0 Å². The molecule has 5 nitrogen and oxygen atoms in total. The van der Waals surface area contributed by atoms with Crippen LogP contribution in [-0.2, 0) is 4.79 Å². The second-order valence-corrected chi connectivity index (χ2v) is 7.72. The maximum absolute atomic E-state index is 12.4. The molecule has 0 saturated heterocycles. The molecule has 25 heavy (non-hydrogen) atoms. The highest BCUT2D eigenvalue weighted by molar-refractivity contribution is 7.09. The first kappa shape index (κ1) is 18.9. The molecule has 0 aliphatic rings. The summed E-state index contributed by atoms with van der Waals surface area (Å²) in [7, 11) is 0. The van der Waals surface area contributed by atoms with E-state index in [0.717, 1.165) is 22.0 Å². The van der Waals surface area contributed by atoms with Crippen LogP contribution in [-0.4, -0.2) is 22.5 Å².